The van der Waals surface area contributed by atoms with Gasteiger partial charge in [-0.15, -0.1) is 0 Å². The average molecular weight is 1170 g/mol. The first-order valence-electron chi connectivity index (χ1n) is 28.9. The van der Waals surface area contributed by atoms with Crippen molar-refractivity contribution < 1.29 is 60.4 Å². The molecule has 0 bridgehead atoms. The van der Waals surface area contributed by atoms with Crippen LogP contribution in [-0.4, -0.2) is 83.8 Å². The van der Waals surface area contributed by atoms with Gasteiger partial charge in [-0.25, -0.2) is 24.7 Å². The van der Waals surface area contributed by atoms with Crippen LogP contribution >= 0.6 is 0 Å². The van der Waals surface area contributed by atoms with Crippen molar-refractivity contribution in [3.63, 3.8) is 0 Å². The fourth-order valence-corrected chi connectivity index (χ4v) is 14.1. The van der Waals surface area contributed by atoms with Crippen LogP contribution in [0.3, 0.4) is 0 Å². The standard InChI is InChI=1S/C31H39F3N2O3Si.C19H25F3N2O2Si.C12H22O2/c1-4-5-6-9-24-10-12-26(13-11-24)30(37)39-27-16-14-25(15-17-27)29-35-22-28(23-36-29)38-19-7-8-20-40(2,3)21-18-31(32,33)34;1-27(2,12-9-19(20,21)22)11-4-3-10-26-17-13-23-18(24-14-17)15-5-7-16(25)8-6-15;1-2-3-4-5-10-6-8-11(9-7-10)12(13)14/h10-17,22-23H,4-9,18-21H2,1-3H3;5-8,13-14,25H,3-4,9-12H2,1-2H3;10-11H,2-9H2,1H3,(H,13,14). The number of hydrogen-bond acceptors (Lipinski definition) is 10. The second kappa shape index (κ2) is 34.6. The van der Waals surface area contributed by atoms with Gasteiger partial charge in [0.2, 0.25) is 0 Å². The molecule has 81 heavy (non-hydrogen) atoms. The van der Waals surface area contributed by atoms with E-state index in [2.05, 4.69) is 33.8 Å². The van der Waals surface area contributed by atoms with Crippen LogP contribution in [0.2, 0.25) is 50.4 Å². The van der Waals surface area contributed by atoms with Crippen molar-refractivity contribution in [1.82, 2.24) is 19.9 Å². The van der Waals surface area contributed by atoms with E-state index in [0.717, 1.165) is 93.3 Å². The largest absolute Gasteiger partial charge is 0.508 e. The lowest BCUT2D eigenvalue weighted by Gasteiger charge is -2.25. The minimum absolute atomic E-state index is 0.0441. The number of nitrogens with zero attached hydrogens (tertiary/aromatic N) is 4. The number of halogens is 6. The van der Waals surface area contributed by atoms with Crippen LogP contribution in [-0.2, 0) is 11.2 Å². The zero-order chi connectivity index (χ0) is 59.3. The lowest BCUT2D eigenvalue weighted by Crippen LogP contribution is -2.27. The molecule has 2 heterocycles. The van der Waals surface area contributed by atoms with E-state index in [1.165, 1.54) is 44.1 Å². The number of aromatic nitrogens is 4. The summed E-state index contributed by atoms with van der Waals surface area (Å²) in [6.45, 7) is 13.4. The second-order valence-corrected chi connectivity index (χ2v) is 33.5. The molecule has 0 radical (unpaired) electrons. The van der Waals surface area contributed by atoms with Crippen LogP contribution in [0.15, 0.2) is 97.6 Å². The highest BCUT2D eigenvalue weighted by molar-refractivity contribution is 6.77. The van der Waals surface area contributed by atoms with E-state index in [1.54, 1.807) is 85.5 Å². The van der Waals surface area contributed by atoms with E-state index in [1.807, 2.05) is 38.3 Å². The smallest absolute Gasteiger partial charge is 0.388 e. The predicted octanol–water partition coefficient (Wildman–Crippen LogP) is 18.0. The average Bonchev–Trinajstić information content (AvgIpc) is 3.44. The summed E-state index contributed by atoms with van der Waals surface area (Å²) < 4.78 is 91.4. The number of esters is 1. The van der Waals surface area contributed by atoms with Crippen LogP contribution in [0.4, 0.5) is 26.3 Å². The number of aliphatic carboxylic acids is 1. The van der Waals surface area contributed by atoms with Gasteiger partial charge in [-0.1, -0.05) is 116 Å². The molecule has 0 saturated heterocycles. The summed E-state index contributed by atoms with van der Waals surface area (Å²) in [5.41, 5.74) is 3.29. The van der Waals surface area contributed by atoms with Crippen molar-refractivity contribution in [2.75, 3.05) is 13.2 Å². The molecule has 6 rings (SSSR count). The van der Waals surface area contributed by atoms with Gasteiger partial charge >= 0.3 is 24.3 Å². The number of aryl methyl sites for hydroxylation is 1. The number of phenols is 1. The molecule has 2 aromatic heterocycles. The fraction of sp³-hybridized carbons (Fsp3) is 0.548. The van der Waals surface area contributed by atoms with E-state index in [0.29, 0.717) is 47.7 Å². The maximum absolute atomic E-state index is 12.5. The van der Waals surface area contributed by atoms with Crippen molar-refractivity contribution in [2.24, 2.45) is 11.8 Å². The Kier molecular flexibility index (Phi) is 28.9. The summed E-state index contributed by atoms with van der Waals surface area (Å²) in [6, 6.07) is 23.4. The van der Waals surface area contributed by atoms with Crippen molar-refractivity contribution in [3.05, 3.63) is 109 Å². The van der Waals surface area contributed by atoms with Gasteiger partial charge in [0.05, 0.1) is 49.5 Å². The van der Waals surface area contributed by atoms with Crippen molar-refractivity contribution in [1.29, 1.82) is 0 Å². The van der Waals surface area contributed by atoms with Gasteiger partial charge in [0.15, 0.2) is 23.1 Å². The topological polar surface area (TPSA) is 154 Å². The third kappa shape index (κ3) is 28.6. The number of ether oxygens (including phenoxy) is 3. The number of benzene rings is 3. The van der Waals surface area contributed by atoms with E-state index in [-0.39, 0.29) is 23.8 Å². The summed E-state index contributed by atoms with van der Waals surface area (Å²) in [4.78, 5) is 40.5. The van der Waals surface area contributed by atoms with Crippen molar-refractivity contribution >= 4 is 28.1 Å². The first-order valence-corrected chi connectivity index (χ1v) is 35.7. The molecule has 0 atom stereocenters. The molecule has 3 aromatic carbocycles. The van der Waals surface area contributed by atoms with Gasteiger partial charge < -0.3 is 24.4 Å². The lowest BCUT2D eigenvalue weighted by atomic mass is 9.80. The normalized spacial score (nSPS) is 14.7. The van der Waals surface area contributed by atoms with Crippen molar-refractivity contribution in [2.45, 2.75) is 192 Å². The Hall–Kier alpha value is -5.83. The molecule has 446 valence electrons. The van der Waals surface area contributed by atoms with Gasteiger partial charge in [-0.05, 0) is 136 Å². The molecule has 1 fully saturated rings. The number of carboxylic acid groups (broad SMARTS) is 1. The molecular formula is C62H86F6N4O7Si2. The molecule has 1 aliphatic rings. The van der Waals surface area contributed by atoms with Gasteiger partial charge in [0.25, 0.3) is 0 Å². The van der Waals surface area contributed by atoms with Crippen molar-refractivity contribution in [3.8, 4) is 45.8 Å². The predicted molar refractivity (Wildman–Crippen MR) is 313 cm³/mol. The number of unbranched alkanes of at least 4 members (excludes halogenated alkanes) is 6. The Labute approximate surface area is 478 Å². The summed E-state index contributed by atoms with van der Waals surface area (Å²) in [6.07, 6.45) is 14.1. The Morgan fingerprint density at radius 2 is 1.00 bits per heavy atom. The van der Waals surface area contributed by atoms with E-state index in [4.69, 9.17) is 19.3 Å². The molecule has 19 heteroatoms. The summed E-state index contributed by atoms with van der Waals surface area (Å²) in [7, 11) is -3.66. The fourth-order valence-electron chi connectivity index (χ4n) is 9.30. The molecule has 1 saturated carbocycles. The SMILES string of the molecule is CCCCCC1CCC(C(=O)O)CC1.CCCCCc1ccc(C(=O)Oc2ccc(-c3ncc(OCCCC[Si](C)(C)CCC(F)(F)F)cn3)cc2)cc1.C[Si](C)(CCCCOc1cnc(-c2ccc(O)cc2)nc1)CCC(F)(F)F. The molecule has 5 aromatic rings. The maximum Gasteiger partial charge on any atom is 0.388 e. The Balaban J connectivity index is 0.000000294. The highest BCUT2D eigenvalue weighted by Crippen LogP contribution is 2.33. The molecular weight excluding hydrogens is 1080 g/mol. The van der Waals surface area contributed by atoms with E-state index >= 15 is 0 Å². The minimum Gasteiger partial charge on any atom is -0.508 e. The lowest BCUT2D eigenvalue weighted by molar-refractivity contribution is -0.143. The molecule has 0 spiro atoms. The Morgan fingerprint density at radius 1 is 0.556 bits per heavy atom. The van der Waals surface area contributed by atoms with Gasteiger partial charge in [-0.3, -0.25) is 4.79 Å². The molecule has 1 aliphatic carbocycles. The summed E-state index contributed by atoms with van der Waals surface area (Å²) in [5.74, 6) is 2.56. The van der Waals surface area contributed by atoms with E-state index in [9.17, 15) is 41.0 Å². The summed E-state index contributed by atoms with van der Waals surface area (Å²) >= 11 is 0. The van der Waals surface area contributed by atoms with Crippen LogP contribution in [0.25, 0.3) is 22.8 Å². The molecule has 0 unspecified atom stereocenters. The van der Waals surface area contributed by atoms with Gasteiger partial charge in [0, 0.05) is 40.1 Å². The zero-order valence-electron chi connectivity index (χ0n) is 48.4. The van der Waals surface area contributed by atoms with Gasteiger partial charge in [0.1, 0.15) is 11.5 Å². The van der Waals surface area contributed by atoms with Crippen LogP contribution in [0, 0.1) is 11.8 Å². The number of carbonyl (C=O) groups is 2. The Bertz CT molecular complexity index is 2550. The number of phenolic OH excluding ortho intramolecular Hbond substituents is 1. The number of rotatable bonds is 29. The number of carbonyl (C=O) groups excluding carboxylic acids is 1. The quantitative estimate of drug-likeness (QED) is 0.0155. The van der Waals surface area contributed by atoms with E-state index < -0.39 is 53.3 Å². The first-order chi connectivity index (χ1) is 38.4. The molecule has 11 nitrogen and oxygen atoms in total. The van der Waals surface area contributed by atoms with Crippen LogP contribution in [0.1, 0.15) is 139 Å². The monoisotopic (exact) mass is 1170 g/mol. The van der Waals surface area contributed by atoms with Crippen LogP contribution in [0.5, 0.6) is 23.0 Å². The minimum atomic E-state index is -4.07. The third-order valence-electron chi connectivity index (χ3n) is 14.6. The molecule has 0 aliphatic heterocycles. The first kappa shape index (κ1) is 67.7. The number of alkyl halides is 6. The second-order valence-electron chi connectivity index (χ2n) is 22.8. The zero-order valence-corrected chi connectivity index (χ0v) is 50.4. The summed E-state index contributed by atoms with van der Waals surface area (Å²) in [5, 5.41) is 18.1. The molecule has 2 N–H and O–H groups in total. The number of aromatic hydroxyl groups is 1. The number of hydrogen-bond donors (Lipinski definition) is 2. The van der Waals surface area contributed by atoms with Gasteiger partial charge in [-0.2, -0.15) is 26.3 Å². The Morgan fingerprint density at radius 3 is 1.43 bits per heavy atom. The maximum atomic E-state index is 12.5. The highest BCUT2D eigenvalue weighted by Gasteiger charge is 2.33. The number of carboxylic acids is 1. The highest BCUT2D eigenvalue weighted by atomic mass is 28.3. The van der Waals surface area contributed by atoms with Crippen LogP contribution < -0.4 is 14.2 Å². The molecule has 0 amide bonds. The third-order valence-corrected chi connectivity index (χ3v) is 21.2.